The molecule has 1 N–H and O–H groups in total. The molecule has 1 aliphatic rings. The van der Waals surface area contributed by atoms with Crippen LogP contribution in [0.4, 0.5) is 5.69 Å². The summed E-state index contributed by atoms with van der Waals surface area (Å²) >= 11 is 3.47. The normalized spacial score (nSPS) is 14.5. The van der Waals surface area contributed by atoms with Crippen molar-refractivity contribution in [3.05, 3.63) is 70.7 Å². The average molecular weight is 587 g/mol. The smallest absolute Gasteiger partial charge is 0.265 e. The van der Waals surface area contributed by atoms with Gasteiger partial charge in [0.25, 0.3) is 10.0 Å². The molecule has 7 nitrogen and oxygen atoms in total. The molecule has 2 amide bonds. The van der Waals surface area contributed by atoms with E-state index >= 15 is 0 Å². The first-order valence-corrected chi connectivity index (χ1v) is 14.8. The third-order valence-electron chi connectivity index (χ3n) is 6.67. The Bertz CT molecular complexity index is 1400. The number of hydrogen-bond acceptors (Lipinski definition) is 4. The third-order valence-corrected chi connectivity index (χ3v) is 9.02. The molecular formula is C28H32BrN3O4S. The first-order chi connectivity index (χ1) is 17.7. The molecule has 4 rings (SSSR count). The van der Waals surface area contributed by atoms with Gasteiger partial charge in [0.1, 0.15) is 6.04 Å². The number of sulfonamides is 1. The van der Waals surface area contributed by atoms with Gasteiger partial charge in [-0.2, -0.15) is 0 Å². The second-order valence-electron chi connectivity index (χ2n) is 9.28. The largest absolute Gasteiger partial charge is 0.354 e. The number of carbonyl (C=O) groups is 2. The maximum absolute atomic E-state index is 13.4. The lowest BCUT2D eigenvalue weighted by Crippen LogP contribution is -2.47. The molecule has 0 fully saturated rings. The van der Waals surface area contributed by atoms with Crippen molar-refractivity contribution in [2.24, 2.45) is 0 Å². The summed E-state index contributed by atoms with van der Waals surface area (Å²) in [5, 5.41) is 4.52. The molecule has 0 aliphatic carbocycles. The van der Waals surface area contributed by atoms with Crippen LogP contribution in [-0.4, -0.2) is 44.3 Å². The molecular weight excluding hydrogens is 554 g/mol. The van der Waals surface area contributed by atoms with Gasteiger partial charge in [-0.25, -0.2) is 8.42 Å². The molecule has 0 radical (unpaired) electrons. The first kappa shape index (κ1) is 27.1. The SMILES string of the molecule is CCCCNC(=O)[C@H](C)N(Cc1cccc(Br)c1)C(=O)CCCN1c2cccc3cccc(c23)S1(=O)=O. The van der Waals surface area contributed by atoms with Crippen molar-refractivity contribution in [3.8, 4) is 0 Å². The Labute approximate surface area is 227 Å². The maximum atomic E-state index is 13.4. The highest BCUT2D eigenvalue weighted by molar-refractivity contribution is 9.10. The Morgan fingerprint density at radius 1 is 1.05 bits per heavy atom. The minimum atomic E-state index is -3.67. The highest BCUT2D eigenvalue weighted by atomic mass is 79.9. The van der Waals surface area contributed by atoms with Crippen LogP contribution >= 0.6 is 15.9 Å². The predicted molar refractivity (Wildman–Crippen MR) is 150 cm³/mol. The molecule has 196 valence electrons. The van der Waals surface area contributed by atoms with Gasteiger partial charge < -0.3 is 10.2 Å². The quantitative estimate of drug-likeness (QED) is 0.312. The summed E-state index contributed by atoms with van der Waals surface area (Å²) in [5.41, 5.74) is 1.55. The third kappa shape index (κ3) is 5.83. The Hall–Kier alpha value is -2.91. The number of hydrogen-bond donors (Lipinski definition) is 1. The number of anilines is 1. The molecule has 0 saturated heterocycles. The van der Waals surface area contributed by atoms with Crippen LogP contribution in [0.15, 0.2) is 70.0 Å². The highest BCUT2D eigenvalue weighted by Gasteiger charge is 2.35. The fourth-order valence-electron chi connectivity index (χ4n) is 4.67. The topological polar surface area (TPSA) is 86.8 Å². The zero-order valence-corrected chi connectivity index (χ0v) is 23.5. The molecule has 37 heavy (non-hydrogen) atoms. The number of benzene rings is 3. The van der Waals surface area contributed by atoms with Crippen LogP contribution in [0.25, 0.3) is 10.8 Å². The van der Waals surface area contributed by atoms with Crippen LogP contribution in [0.3, 0.4) is 0 Å². The molecule has 0 spiro atoms. The van der Waals surface area contributed by atoms with Gasteiger partial charge in [-0.1, -0.05) is 65.7 Å². The molecule has 0 aromatic heterocycles. The molecule has 0 saturated carbocycles. The zero-order chi connectivity index (χ0) is 26.6. The summed E-state index contributed by atoms with van der Waals surface area (Å²) in [7, 11) is -3.67. The lowest BCUT2D eigenvalue weighted by atomic mass is 10.1. The van der Waals surface area contributed by atoms with Gasteiger partial charge in [0.15, 0.2) is 0 Å². The van der Waals surface area contributed by atoms with Crippen LogP contribution < -0.4 is 9.62 Å². The number of halogens is 1. The Kier molecular flexibility index (Phi) is 8.54. The average Bonchev–Trinajstić information content (AvgIpc) is 3.10. The Morgan fingerprint density at radius 3 is 2.51 bits per heavy atom. The minimum Gasteiger partial charge on any atom is -0.354 e. The maximum Gasteiger partial charge on any atom is 0.265 e. The summed E-state index contributed by atoms with van der Waals surface area (Å²) < 4.78 is 28.8. The molecule has 0 bridgehead atoms. The van der Waals surface area contributed by atoms with E-state index in [1.807, 2.05) is 42.5 Å². The second kappa shape index (κ2) is 11.6. The van der Waals surface area contributed by atoms with Gasteiger partial charge in [0.2, 0.25) is 11.8 Å². The summed E-state index contributed by atoms with van der Waals surface area (Å²) in [6.45, 7) is 4.83. The zero-order valence-electron chi connectivity index (χ0n) is 21.1. The van der Waals surface area contributed by atoms with E-state index in [1.54, 1.807) is 30.0 Å². The molecule has 1 aliphatic heterocycles. The van der Waals surface area contributed by atoms with Gasteiger partial charge in [0.05, 0.1) is 10.6 Å². The van der Waals surface area contributed by atoms with E-state index in [4.69, 9.17) is 0 Å². The van der Waals surface area contributed by atoms with Crippen molar-refractivity contribution in [1.29, 1.82) is 0 Å². The summed E-state index contributed by atoms with van der Waals surface area (Å²) in [6, 6.07) is 17.8. The molecule has 1 atom stereocenters. The summed E-state index contributed by atoms with van der Waals surface area (Å²) in [4.78, 5) is 28.1. The van der Waals surface area contributed by atoms with E-state index in [0.29, 0.717) is 23.5 Å². The number of amides is 2. The van der Waals surface area contributed by atoms with Gasteiger partial charge in [-0.05, 0) is 55.0 Å². The lowest BCUT2D eigenvalue weighted by molar-refractivity contribution is -0.140. The predicted octanol–water partition coefficient (Wildman–Crippen LogP) is 5.22. The van der Waals surface area contributed by atoms with Gasteiger partial charge in [0, 0.05) is 35.9 Å². The van der Waals surface area contributed by atoms with Gasteiger partial charge in [-0.3, -0.25) is 13.9 Å². The molecule has 3 aromatic carbocycles. The lowest BCUT2D eigenvalue weighted by Gasteiger charge is -2.29. The van der Waals surface area contributed by atoms with Gasteiger partial charge in [-0.15, -0.1) is 0 Å². The standard InChI is InChI=1S/C28H32BrN3O4S/c1-3-4-16-30-28(34)20(2)31(19-21-9-5-12-23(29)18-21)26(33)15-8-17-32-24-13-6-10-22-11-7-14-25(27(22)24)37(32,35)36/h5-7,9-14,18,20H,3-4,8,15-17,19H2,1-2H3,(H,30,34)/t20-/m0/s1. The van der Waals surface area contributed by atoms with Crippen LogP contribution in [0.5, 0.6) is 0 Å². The van der Waals surface area contributed by atoms with E-state index in [9.17, 15) is 18.0 Å². The highest BCUT2D eigenvalue weighted by Crippen LogP contribution is 2.42. The van der Waals surface area contributed by atoms with Crippen molar-refractivity contribution in [2.45, 2.75) is 57.0 Å². The molecule has 1 heterocycles. The van der Waals surface area contributed by atoms with E-state index in [0.717, 1.165) is 33.7 Å². The van der Waals surface area contributed by atoms with Crippen molar-refractivity contribution in [3.63, 3.8) is 0 Å². The van der Waals surface area contributed by atoms with Crippen LogP contribution in [0, 0.1) is 0 Å². The first-order valence-electron chi connectivity index (χ1n) is 12.6. The molecule has 0 unspecified atom stereocenters. The monoisotopic (exact) mass is 585 g/mol. The summed E-state index contributed by atoms with van der Waals surface area (Å²) in [5.74, 6) is -0.383. The fraction of sp³-hybridized carbons (Fsp3) is 0.357. The van der Waals surface area contributed by atoms with Crippen LogP contribution in [0.1, 0.15) is 45.1 Å². The van der Waals surface area contributed by atoms with Crippen molar-refractivity contribution in [1.82, 2.24) is 10.2 Å². The number of nitrogens with one attached hydrogen (secondary N) is 1. The van der Waals surface area contributed by atoms with E-state index in [-0.39, 0.29) is 31.3 Å². The van der Waals surface area contributed by atoms with Crippen molar-refractivity contribution in [2.75, 3.05) is 17.4 Å². The van der Waals surface area contributed by atoms with E-state index in [1.165, 1.54) is 4.31 Å². The number of nitrogens with zero attached hydrogens (tertiary/aromatic N) is 2. The Morgan fingerprint density at radius 2 is 1.78 bits per heavy atom. The van der Waals surface area contributed by atoms with Crippen LogP contribution in [0.2, 0.25) is 0 Å². The van der Waals surface area contributed by atoms with E-state index < -0.39 is 16.1 Å². The molecule has 9 heteroatoms. The van der Waals surface area contributed by atoms with Crippen LogP contribution in [-0.2, 0) is 26.2 Å². The number of carbonyl (C=O) groups excluding carboxylic acids is 2. The molecule has 3 aromatic rings. The minimum absolute atomic E-state index is 0.124. The fourth-order valence-corrected chi connectivity index (χ4v) is 6.86. The van der Waals surface area contributed by atoms with Crippen molar-refractivity contribution < 1.29 is 18.0 Å². The Balaban J connectivity index is 1.48. The number of rotatable bonds is 11. The van der Waals surface area contributed by atoms with Gasteiger partial charge >= 0.3 is 0 Å². The second-order valence-corrected chi connectivity index (χ2v) is 12.0. The number of unbranched alkanes of at least 4 members (excludes halogenated alkanes) is 1. The summed E-state index contributed by atoms with van der Waals surface area (Å²) in [6.07, 6.45) is 2.30. The van der Waals surface area contributed by atoms with E-state index in [2.05, 4.69) is 28.2 Å². The van der Waals surface area contributed by atoms with Crippen molar-refractivity contribution >= 4 is 54.2 Å².